The molecule has 0 atom stereocenters. The van der Waals surface area contributed by atoms with Gasteiger partial charge in [0.25, 0.3) is 0 Å². The van der Waals surface area contributed by atoms with Gasteiger partial charge in [-0.05, 0) is 37.1 Å². The van der Waals surface area contributed by atoms with Crippen LogP contribution in [0.1, 0.15) is 24.6 Å². The second kappa shape index (κ2) is 8.24. The van der Waals surface area contributed by atoms with Crippen molar-refractivity contribution < 1.29 is 31.1 Å². The van der Waals surface area contributed by atoms with Gasteiger partial charge in [0.15, 0.2) is 11.5 Å². The standard InChI is InChI=1S/C20H21F3N4O4S/c1-30-15-4-5-16(17(11-15)31-2)14-3-6-18-24-19(25-27(18)12-14)13-7-9-26(10-8-13)32(28,29)20(21,22)23/h3-6,11-13H,7-10H2,1-2H3. The summed E-state index contributed by atoms with van der Waals surface area (Å²) in [6.45, 7) is -0.452. The molecule has 4 rings (SSSR count). The number of halogens is 3. The van der Waals surface area contributed by atoms with Crippen LogP contribution >= 0.6 is 0 Å². The minimum Gasteiger partial charge on any atom is -0.497 e. The van der Waals surface area contributed by atoms with E-state index in [1.54, 1.807) is 37.1 Å². The van der Waals surface area contributed by atoms with Crippen LogP contribution in [0.2, 0.25) is 0 Å². The second-order valence-electron chi connectivity index (χ2n) is 7.38. The highest BCUT2D eigenvalue weighted by atomic mass is 32.2. The lowest BCUT2D eigenvalue weighted by atomic mass is 9.98. The number of methoxy groups -OCH3 is 2. The van der Waals surface area contributed by atoms with Crippen LogP contribution in [-0.2, 0) is 10.0 Å². The molecule has 0 N–H and O–H groups in total. The lowest BCUT2D eigenvalue weighted by Gasteiger charge is -2.30. The summed E-state index contributed by atoms with van der Waals surface area (Å²) in [4.78, 5) is 4.49. The number of nitrogens with zero attached hydrogens (tertiary/aromatic N) is 4. The van der Waals surface area contributed by atoms with E-state index in [-0.39, 0.29) is 31.8 Å². The fourth-order valence-corrected chi connectivity index (χ4v) is 4.75. The van der Waals surface area contributed by atoms with Crippen molar-refractivity contribution in [3.8, 4) is 22.6 Å². The lowest BCUT2D eigenvalue weighted by molar-refractivity contribution is -0.0494. The number of pyridine rings is 1. The molecule has 0 bridgehead atoms. The van der Waals surface area contributed by atoms with Crippen molar-refractivity contribution in [2.24, 2.45) is 0 Å². The monoisotopic (exact) mass is 470 g/mol. The Kier molecular flexibility index (Phi) is 5.76. The molecule has 1 fully saturated rings. The van der Waals surface area contributed by atoms with E-state index in [0.717, 1.165) is 11.1 Å². The molecule has 1 saturated heterocycles. The smallest absolute Gasteiger partial charge is 0.497 e. The van der Waals surface area contributed by atoms with Gasteiger partial charge in [-0.2, -0.15) is 22.6 Å². The number of fused-ring (bicyclic) bond motifs is 1. The van der Waals surface area contributed by atoms with Crippen molar-refractivity contribution in [1.82, 2.24) is 18.9 Å². The van der Waals surface area contributed by atoms with Crippen LogP contribution in [0.3, 0.4) is 0 Å². The first-order valence-electron chi connectivity index (χ1n) is 9.79. The van der Waals surface area contributed by atoms with Gasteiger partial charge in [-0.25, -0.2) is 17.9 Å². The first-order valence-corrected chi connectivity index (χ1v) is 11.2. The molecule has 3 heterocycles. The van der Waals surface area contributed by atoms with Crippen LogP contribution in [0.4, 0.5) is 13.2 Å². The van der Waals surface area contributed by atoms with Crippen LogP contribution in [-0.4, -0.2) is 60.1 Å². The first-order chi connectivity index (χ1) is 15.1. The van der Waals surface area contributed by atoms with Gasteiger partial charge in [-0.3, -0.25) is 0 Å². The van der Waals surface area contributed by atoms with E-state index < -0.39 is 15.5 Å². The molecule has 1 aliphatic rings. The van der Waals surface area contributed by atoms with E-state index in [2.05, 4.69) is 10.1 Å². The Labute approximate surface area is 182 Å². The van der Waals surface area contributed by atoms with Gasteiger partial charge >= 0.3 is 15.5 Å². The summed E-state index contributed by atoms with van der Waals surface area (Å²) < 4.78 is 74.3. The molecule has 0 radical (unpaired) electrons. The number of ether oxygens (including phenoxy) is 2. The number of aromatic nitrogens is 3. The Morgan fingerprint density at radius 3 is 2.41 bits per heavy atom. The summed E-state index contributed by atoms with van der Waals surface area (Å²) in [5, 5.41) is 4.50. The molecule has 0 saturated carbocycles. The highest BCUT2D eigenvalue weighted by molar-refractivity contribution is 7.90. The van der Waals surface area contributed by atoms with Crippen molar-refractivity contribution in [1.29, 1.82) is 0 Å². The fraction of sp³-hybridized carbons (Fsp3) is 0.400. The number of rotatable bonds is 5. The zero-order valence-electron chi connectivity index (χ0n) is 17.3. The SMILES string of the molecule is COc1ccc(-c2ccc3nc(C4CCN(S(=O)(=O)C(F)(F)F)CC4)nn3c2)c(OC)c1. The lowest BCUT2D eigenvalue weighted by Crippen LogP contribution is -2.44. The van der Waals surface area contributed by atoms with Crippen LogP contribution in [0.25, 0.3) is 16.8 Å². The molecular weight excluding hydrogens is 449 g/mol. The maximum absolute atomic E-state index is 12.8. The summed E-state index contributed by atoms with van der Waals surface area (Å²) in [7, 11) is -2.18. The first kappa shape index (κ1) is 22.3. The summed E-state index contributed by atoms with van der Waals surface area (Å²) >= 11 is 0. The number of benzene rings is 1. The zero-order chi connectivity index (χ0) is 23.1. The summed E-state index contributed by atoms with van der Waals surface area (Å²) in [6, 6.07) is 9.12. The third kappa shape index (κ3) is 3.99. The van der Waals surface area contributed by atoms with Crippen LogP contribution in [0.15, 0.2) is 36.5 Å². The average molecular weight is 470 g/mol. The topological polar surface area (TPSA) is 86.0 Å². The molecule has 172 valence electrons. The van der Waals surface area contributed by atoms with E-state index in [1.807, 2.05) is 18.2 Å². The quantitative estimate of drug-likeness (QED) is 0.568. The van der Waals surface area contributed by atoms with Gasteiger partial charge < -0.3 is 9.47 Å². The number of hydrogen-bond acceptors (Lipinski definition) is 6. The highest BCUT2D eigenvalue weighted by Gasteiger charge is 2.50. The molecule has 1 aromatic carbocycles. The number of sulfonamides is 1. The molecule has 0 unspecified atom stereocenters. The van der Waals surface area contributed by atoms with Gasteiger partial charge in [-0.15, -0.1) is 0 Å². The largest absolute Gasteiger partial charge is 0.511 e. The third-order valence-corrected chi connectivity index (χ3v) is 7.15. The highest BCUT2D eigenvalue weighted by Crippen LogP contribution is 2.35. The number of alkyl halides is 3. The van der Waals surface area contributed by atoms with E-state index in [1.165, 1.54) is 0 Å². The van der Waals surface area contributed by atoms with Gasteiger partial charge in [-0.1, -0.05) is 0 Å². The van der Waals surface area contributed by atoms with Gasteiger partial charge in [0.05, 0.1) is 14.2 Å². The molecule has 2 aromatic heterocycles. The maximum Gasteiger partial charge on any atom is 0.511 e. The van der Waals surface area contributed by atoms with Crippen LogP contribution in [0, 0.1) is 0 Å². The predicted octanol–water partition coefficient (Wildman–Crippen LogP) is 3.44. The molecule has 0 amide bonds. The summed E-state index contributed by atoms with van der Waals surface area (Å²) in [5.74, 6) is 1.54. The van der Waals surface area contributed by atoms with E-state index in [4.69, 9.17) is 9.47 Å². The van der Waals surface area contributed by atoms with Crippen molar-refractivity contribution in [3.05, 3.63) is 42.4 Å². The molecule has 0 spiro atoms. The Hall–Kier alpha value is -2.86. The van der Waals surface area contributed by atoms with Crippen molar-refractivity contribution >= 4 is 15.7 Å². The average Bonchev–Trinajstić information content (AvgIpc) is 3.21. The molecule has 0 aliphatic carbocycles. The zero-order valence-corrected chi connectivity index (χ0v) is 18.2. The van der Waals surface area contributed by atoms with Gasteiger partial charge in [0, 0.05) is 42.4 Å². The van der Waals surface area contributed by atoms with Crippen molar-refractivity contribution in [2.45, 2.75) is 24.3 Å². The second-order valence-corrected chi connectivity index (χ2v) is 9.31. The predicted molar refractivity (Wildman–Crippen MR) is 110 cm³/mol. The van der Waals surface area contributed by atoms with E-state index in [0.29, 0.717) is 27.3 Å². The molecule has 32 heavy (non-hydrogen) atoms. The van der Waals surface area contributed by atoms with Crippen LogP contribution < -0.4 is 9.47 Å². The van der Waals surface area contributed by atoms with Gasteiger partial charge in [0.1, 0.15) is 11.5 Å². The Morgan fingerprint density at radius 2 is 1.78 bits per heavy atom. The summed E-state index contributed by atoms with van der Waals surface area (Å²) in [5.41, 5.74) is -3.04. The molecular formula is C20H21F3N4O4S. The van der Waals surface area contributed by atoms with Crippen molar-refractivity contribution in [2.75, 3.05) is 27.3 Å². The minimum atomic E-state index is -5.31. The molecule has 3 aromatic rings. The van der Waals surface area contributed by atoms with E-state index in [9.17, 15) is 21.6 Å². The molecule has 12 heteroatoms. The van der Waals surface area contributed by atoms with Crippen LogP contribution in [0.5, 0.6) is 11.5 Å². The third-order valence-electron chi connectivity index (χ3n) is 5.52. The number of hydrogen-bond donors (Lipinski definition) is 0. The summed E-state index contributed by atoms with van der Waals surface area (Å²) in [6.07, 6.45) is 2.22. The fourth-order valence-electron chi connectivity index (χ4n) is 3.77. The maximum atomic E-state index is 12.8. The Morgan fingerprint density at radius 1 is 1.06 bits per heavy atom. The Balaban J connectivity index is 1.56. The number of piperidine rings is 1. The molecule has 1 aliphatic heterocycles. The Bertz CT molecular complexity index is 1240. The normalized spacial score (nSPS) is 16.4. The van der Waals surface area contributed by atoms with Gasteiger partial charge in [0.2, 0.25) is 0 Å². The molecule has 8 nitrogen and oxygen atoms in total. The minimum absolute atomic E-state index is 0.214. The van der Waals surface area contributed by atoms with Crippen molar-refractivity contribution in [3.63, 3.8) is 0 Å². The van der Waals surface area contributed by atoms with E-state index >= 15 is 0 Å².